The van der Waals surface area contributed by atoms with Crippen molar-refractivity contribution in [3.8, 4) is 0 Å². The van der Waals surface area contributed by atoms with Gasteiger partial charge in [0, 0.05) is 0 Å². The van der Waals surface area contributed by atoms with E-state index in [2.05, 4.69) is 69.2 Å². The number of hydrogen-bond donors (Lipinski definition) is 0. The smallest absolute Gasteiger partial charge is 0.0179 e. The van der Waals surface area contributed by atoms with Gasteiger partial charge in [-0.2, -0.15) is 0 Å². The molecule has 4 unspecified atom stereocenters. The van der Waals surface area contributed by atoms with Crippen LogP contribution in [0.4, 0.5) is 0 Å². The Morgan fingerprint density at radius 3 is 0.636 bits per heavy atom. The Hall–Kier alpha value is 0. The highest BCUT2D eigenvalue weighted by atomic mass is 14.7. The average molecular weight is 928 g/mol. The van der Waals surface area contributed by atoms with Crippen LogP contribution in [0.25, 0.3) is 0 Å². The Balaban J connectivity index is 8.56. The van der Waals surface area contributed by atoms with Crippen LogP contribution in [0.15, 0.2) is 0 Å². The first-order valence-electron chi connectivity index (χ1n) is 32.4. The second-order valence-corrected chi connectivity index (χ2v) is 23.5. The molecule has 398 valence electrons. The van der Waals surface area contributed by atoms with Gasteiger partial charge in [0.25, 0.3) is 0 Å². The summed E-state index contributed by atoms with van der Waals surface area (Å²) in [6, 6.07) is 0. The van der Waals surface area contributed by atoms with E-state index in [1.807, 2.05) is 0 Å². The monoisotopic (exact) mass is 927 g/mol. The van der Waals surface area contributed by atoms with Crippen molar-refractivity contribution >= 4 is 0 Å². The predicted molar refractivity (Wildman–Crippen MR) is 307 cm³/mol. The van der Waals surface area contributed by atoms with Gasteiger partial charge in [-0.3, -0.25) is 0 Å². The van der Waals surface area contributed by atoms with Gasteiger partial charge in [0.05, 0.1) is 0 Å². The molecular formula is C66H134. The molecule has 0 fully saturated rings. The molecule has 0 aliphatic rings. The highest BCUT2D eigenvalue weighted by Crippen LogP contribution is 2.74. The molecule has 66 heavy (non-hydrogen) atoms. The minimum atomic E-state index is 0.430. The minimum absolute atomic E-state index is 0.430. The van der Waals surface area contributed by atoms with E-state index in [1.54, 1.807) is 38.5 Å². The summed E-state index contributed by atoms with van der Waals surface area (Å²) in [5, 5.41) is 0. The lowest BCUT2D eigenvalue weighted by atomic mass is 9.35. The number of unbranched alkanes of at least 4 members (excludes halogenated alkanes) is 33. The molecular weight excluding hydrogens is 793 g/mol. The lowest BCUT2D eigenvalue weighted by Gasteiger charge is -2.69. The van der Waals surface area contributed by atoms with Crippen molar-refractivity contribution < 1.29 is 0 Å². The molecule has 0 N–H and O–H groups in total. The maximum absolute atomic E-state index is 2.76. The quantitative estimate of drug-likeness (QED) is 0.0533. The van der Waals surface area contributed by atoms with Crippen molar-refractivity contribution in [2.24, 2.45) is 21.7 Å². The van der Waals surface area contributed by atoms with Gasteiger partial charge in [-0.1, -0.05) is 339 Å². The zero-order valence-electron chi connectivity index (χ0n) is 48.8. The van der Waals surface area contributed by atoms with Gasteiger partial charge in [-0.05, 0) is 85.9 Å². The van der Waals surface area contributed by atoms with E-state index >= 15 is 0 Å². The summed E-state index contributed by atoms with van der Waals surface area (Å²) in [5.74, 6) is 0. The summed E-state index contributed by atoms with van der Waals surface area (Å²) in [4.78, 5) is 0. The second-order valence-electron chi connectivity index (χ2n) is 23.5. The highest BCUT2D eigenvalue weighted by molar-refractivity contribution is 5.14. The third-order valence-corrected chi connectivity index (χ3v) is 18.5. The topological polar surface area (TPSA) is 0 Å². The highest BCUT2D eigenvalue weighted by Gasteiger charge is 2.65. The van der Waals surface area contributed by atoms with Crippen LogP contribution in [-0.4, -0.2) is 0 Å². The fraction of sp³-hybridized carbons (Fsp3) is 1.00. The summed E-state index contributed by atoms with van der Waals surface area (Å²) in [5.41, 5.74) is 1.79. The van der Waals surface area contributed by atoms with E-state index in [4.69, 9.17) is 0 Å². The molecule has 0 rings (SSSR count). The molecule has 0 aliphatic heterocycles. The van der Waals surface area contributed by atoms with Crippen LogP contribution in [0, 0.1) is 21.7 Å². The van der Waals surface area contributed by atoms with Gasteiger partial charge in [0.1, 0.15) is 0 Å². The van der Waals surface area contributed by atoms with Crippen molar-refractivity contribution in [3.63, 3.8) is 0 Å². The summed E-state index contributed by atoms with van der Waals surface area (Å²) < 4.78 is 0. The third kappa shape index (κ3) is 25.9. The lowest BCUT2D eigenvalue weighted by molar-refractivity contribution is -0.203. The maximum Gasteiger partial charge on any atom is -0.0179 e. The van der Waals surface area contributed by atoms with Crippen molar-refractivity contribution in [3.05, 3.63) is 0 Å². The summed E-state index contributed by atoms with van der Waals surface area (Å²) >= 11 is 0. The molecule has 0 saturated carbocycles. The number of rotatable bonds is 55. The van der Waals surface area contributed by atoms with Gasteiger partial charge in [-0.25, -0.2) is 0 Å². The average Bonchev–Trinajstić information content (AvgIpc) is 3.33. The molecule has 0 aromatic rings. The van der Waals surface area contributed by atoms with Crippen molar-refractivity contribution in [1.82, 2.24) is 0 Å². The van der Waals surface area contributed by atoms with E-state index in [9.17, 15) is 0 Å². The number of hydrogen-bond acceptors (Lipinski definition) is 0. The SMILES string of the molecule is CCCCCCCCCCC(CCCCCCCC)(CCCCCCCCC)C(CCCCCC)(CCCCCCC)C(CCCC)(CCCCC)C(CC)(CCC)CCCCCCCC. The van der Waals surface area contributed by atoms with Gasteiger partial charge < -0.3 is 0 Å². The lowest BCUT2D eigenvalue weighted by Crippen LogP contribution is -2.61. The van der Waals surface area contributed by atoms with E-state index < -0.39 is 0 Å². The van der Waals surface area contributed by atoms with Gasteiger partial charge in [-0.15, -0.1) is 0 Å². The summed E-state index contributed by atoms with van der Waals surface area (Å²) in [6.45, 7) is 25.0. The predicted octanol–water partition coefficient (Wildman–Crippen LogP) is 25.4. The molecule has 0 bridgehead atoms. The van der Waals surface area contributed by atoms with Crippen LogP contribution < -0.4 is 0 Å². The van der Waals surface area contributed by atoms with Crippen LogP contribution in [0.5, 0.6) is 0 Å². The zero-order valence-corrected chi connectivity index (χ0v) is 48.8. The molecule has 0 saturated heterocycles. The Bertz CT molecular complexity index is 950. The zero-order chi connectivity index (χ0) is 48.8. The Labute approximate surface area is 422 Å². The van der Waals surface area contributed by atoms with Crippen LogP contribution >= 0.6 is 0 Å². The fourth-order valence-corrected chi connectivity index (χ4v) is 14.7. The Morgan fingerprint density at radius 1 is 0.152 bits per heavy atom. The van der Waals surface area contributed by atoms with Gasteiger partial charge in [0.15, 0.2) is 0 Å². The van der Waals surface area contributed by atoms with Crippen molar-refractivity contribution in [2.45, 2.75) is 403 Å². The Kier molecular flexibility index (Phi) is 46.1. The first-order valence-corrected chi connectivity index (χ1v) is 32.4. The molecule has 4 atom stereocenters. The molecule has 0 amide bonds. The summed E-state index contributed by atoms with van der Waals surface area (Å²) in [7, 11) is 0. The fourth-order valence-electron chi connectivity index (χ4n) is 14.7. The van der Waals surface area contributed by atoms with Gasteiger partial charge in [0.2, 0.25) is 0 Å². The van der Waals surface area contributed by atoms with Crippen LogP contribution in [0.3, 0.4) is 0 Å². The third-order valence-electron chi connectivity index (χ3n) is 18.5. The molecule has 0 aliphatic carbocycles. The minimum Gasteiger partial charge on any atom is -0.0654 e. The molecule has 0 nitrogen and oxygen atoms in total. The first kappa shape index (κ1) is 66.0. The normalized spacial score (nSPS) is 15.7. The molecule has 0 aromatic heterocycles. The molecule has 0 spiro atoms. The van der Waals surface area contributed by atoms with E-state index in [-0.39, 0.29) is 0 Å². The Morgan fingerprint density at radius 2 is 0.348 bits per heavy atom. The van der Waals surface area contributed by atoms with Crippen molar-refractivity contribution in [1.29, 1.82) is 0 Å². The second kappa shape index (κ2) is 46.1. The molecule has 0 heterocycles. The van der Waals surface area contributed by atoms with Crippen LogP contribution in [-0.2, 0) is 0 Å². The van der Waals surface area contributed by atoms with E-state index in [0.717, 1.165) is 0 Å². The first-order chi connectivity index (χ1) is 32.4. The van der Waals surface area contributed by atoms with Gasteiger partial charge >= 0.3 is 0 Å². The van der Waals surface area contributed by atoms with Crippen LogP contribution in [0.1, 0.15) is 403 Å². The largest absolute Gasteiger partial charge is 0.0654 e. The maximum atomic E-state index is 2.76. The molecule has 0 aromatic carbocycles. The van der Waals surface area contributed by atoms with Crippen molar-refractivity contribution in [2.75, 3.05) is 0 Å². The summed E-state index contributed by atoms with van der Waals surface area (Å²) in [6.07, 6.45) is 76.2. The van der Waals surface area contributed by atoms with Crippen LogP contribution in [0.2, 0.25) is 0 Å². The standard InChI is InChI=1S/C66H134/c1-11-21-29-35-39-41-46-51-58-64(56-49-44-38-32-24-14-4,57-50-45-40-36-30-22-12-2)66(61-52-34-26-16-6,62-53-42-33-25-15-5)65(59-28-18-8,60-47-27-17-7)63(20-10,54-19-9)55-48-43-37-31-23-13-3/h11-62H2,1-10H3. The van der Waals surface area contributed by atoms with E-state index in [1.165, 1.54) is 295 Å². The molecule has 0 heteroatoms. The van der Waals surface area contributed by atoms with E-state index in [0.29, 0.717) is 21.7 Å². The molecule has 0 radical (unpaired) electrons.